The fourth-order valence-corrected chi connectivity index (χ4v) is 3.81. The van der Waals surface area contributed by atoms with Crippen molar-refractivity contribution in [3.05, 3.63) is 65.5 Å². The van der Waals surface area contributed by atoms with Crippen molar-refractivity contribution in [3.8, 4) is 17.5 Å². The van der Waals surface area contributed by atoms with Gasteiger partial charge in [-0.3, -0.25) is 9.69 Å². The van der Waals surface area contributed by atoms with Gasteiger partial charge in [-0.2, -0.15) is 10.2 Å². The van der Waals surface area contributed by atoms with E-state index in [0.717, 1.165) is 48.3 Å². The third kappa shape index (κ3) is 5.36. The number of carbonyl (C=O) groups is 1. The van der Waals surface area contributed by atoms with E-state index >= 15 is 0 Å². The fraction of sp³-hybridized carbons (Fsp3) is 0.333. The minimum atomic E-state index is -0.0134. The number of piperidine rings is 1. The van der Waals surface area contributed by atoms with Gasteiger partial charge in [0, 0.05) is 17.2 Å². The number of benzene rings is 2. The molecule has 3 aromatic rings. The van der Waals surface area contributed by atoms with E-state index < -0.39 is 0 Å². The van der Waals surface area contributed by atoms with Gasteiger partial charge in [0.15, 0.2) is 0 Å². The standard InChI is InChI=1S/C24H25N5O2/c1-17-3-2-4-20(15-17)23-27-22(31-28-23)16-29-13-10-19(11-14-29)24(30)26-21-7-5-18(6-8-21)9-12-25/h2-8,15,19H,9-11,13-14,16H2,1H3,(H,26,30). The minimum absolute atomic E-state index is 0.0134. The third-order valence-electron chi connectivity index (χ3n) is 5.57. The van der Waals surface area contributed by atoms with Crippen LogP contribution in [0.2, 0.25) is 0 Å². The van der Waals surface area contributed by atoms with Crippen LogP contribution >= 0.6 is 0 Å². The number of aromatic nitrogens is 2. The molecule has 2 heterocycles. The van der Waals surface area contributed by atoms with Crippen molar-refractivity contribution in [3.63, 3.8) is 0 Å². The second-order valence-electron chi connectivity index (χ2n) is 7.95. The van der Waals surface area contributed by atoms with E-state index in [0.29, 0.717) is 24.7 Å². The van der Waals surface area contributed by atoms with Crippen molar-refractivity contribution in [1.82, 2.24) is 15.0 Å². The Bertz CT molecular complexity index is 1080. The highest BCUT2D eigenvalue weighted by molar-refractivity contribution is 5.92. The van der Waals surface area contributed by atoms with Gasteiger partial charge in [-0.15, -0.1) is 0 Å². The number of nitrogens with one attached hydrogen (secondary N) is 1. The molecule has 7 nitrogen and oxygen atoms in total. The van der Waals surface area contributed by atoms with E-state index in [4.69, 9.17) is 9.78 Å². The first-order valence-electron chi connectivity index (χ1n) is 10.5. The SMILES string of the molecule is Cc1cccc(-c2noc(CN3CCC(C(=O)Nc4ccc(CC#N)cc4)CC3)n2)c1. The number of nitriles is 1. The molecule has 1 aliphatic rings. The lowest BCUT2D eigenvalue weighted by Gasteiger charge is -2.30. The van der Waals surface area contributed by atoms with Crippen LogP contribution in [0, 0.1) is 24.2 Å². The summed E-state index contributed by atoms with van der Waals surface area (Å²) in [6, 6.07) is 17.6. The van der Waals surface area contributed by atoms with Crippen molar-refractivity contribution < 1.29 is 9.32 Å². The first-order chi connectivity index (χ1) is 15.1. The predicted molar refractivity (Wildman–Crippen MR) is 117 cm³/mol. The third-order valence-corrected chi connectivity index (χ3v) is 5.57. The van der Waals surface area contributed by atoms with E-state index in [1.165, 1.54) is 0 Å². The topological polar surface area (TPSA) is 95.0 Å². The van der Waals surface area contributed by atoms with Gasteiger partial charge in [-0.25, -0.2) is 0 Å². The van der Waals surface area contributed by atoms with Crippen LogP contribution < -0.4 is 5.32 Å². The largest absolute Gasteiger partial charge is 0.338 e. The summed E-state index contributed by atoms with van der Waals surface area (Å²) in [5.41, 5.74) is 3.82. The van der Waals surface area contributed by atoms with Gasteiger partial charge in [0.05, 0.1) is 19.0 Å². The molecule has 7 heteroatoms. The van der Waals surface area contributed by atoms with Gasteiger partial charge in [-0.1, -0.05) is 41.1 Å². The van der Waals surface area contributed by atoms with Crippen molar-refractivity contribution in [1.29, 1.82) is 5.26 Å². The quantitative estimate of drug-likeness (QED) is 0.655. The Morgan fingerprint density at radius 2 is 2.00 bits per heavy atom. The molecule has 1 fully saturated rings. The molecule has 0 spiro atoms. The van der Waals surface area contributed by atoms with E-state index in [9.17, 15) is 4.79 Å². The normalized spacial score (nSPS) is 14.8. The molecule has 0 radical (unpaired) electrons. The monoisotopic (exact) mass is 415 g/mol. The van der Waals surface area contributed by atoms with Gasteiger partial charge in [0.25, 0.3) is 0 Å². The molecule has 0 unspecified atom stereocenters. The van der Waals surface area contributed by atoms with Crippen LogP contribution in [0.1, 0.15) is 29.9 Å². The van der Waals surface area contributed by atoms with Gasteiger partial charge < -0.3 is 9.84 Å². The first kappa shape index (κ1) is 20.8. The molecule has 1 amide bonds. The van der Waals surface area contributed by atoms with Crippen LogP contribution in [0.25, 0.3) is 11.4 Å². The number of nitrogens with zero attached hydrogens (tertiary/aromatic N) is 4. The van der Waals surface area contributed by atoms with E-state index in [-0.39, 0.29) is 11.8 Å². The summed E-state index contributed by atoms with van der Waals surface area (Å²) in [6.45, 7) is 4.24. The number of likely N-dealkylation sites (tertiary alicyclic amines) is 1. The molecule has 0 atom stereocenters. The summed E-state index contributed by atoms with van der Waals surface area (Å²) >= 11 is 0. The van der Waals surface area contributed by atoms with Gasteiger partial charge in [0.2, 0.25) is 17.6 Å². The van der Waals surface area contributed by atoms with E-state index in [1.54, 1.807) is 0 Å². The molecule has 0 bridgehead atoms. The van der Waals surface area contributed by atoms with Gasteiger partial charge in [-0.05, 0) is 56.6 Å². The number of hydrogen-bond acceptors (Lipinski definition) is 6. The summed E-state index contributed by atoms with van der Waals surface area (Å²) in [7, 11) is 0. The van der Waals surface area contributed by atoms with Crippen LogP contribution in [0.3, 0.4) is 0 Å². The molecule has 1 aromatic heterocycles. The van der Waals surface area contributed by atoms with E-state index in [2.05, 4.69) is 26.4 Å². The second kappa shape index (κ2) is 9.54. The maximum Gasteiger partial charge on any atom is 0.241 e. The predicted octanol–water partition coefficient (Wildman–Crippen LogP) is 3.96. The molecule has 158 valence electrons. The fourth-order valence-electron chi connectivity index (χ4n) is 3.81. The molecule has 1 saturated heterocycles. The second-order valence-corrected chi connectivity index (χ2v) is 7.95. The number of anilines is 1. The van der Waals surface area contributed by atoms with Gasteiger partial charge in [0.1, 0.15) is 0 Å². The lowest BCUT2D eigenvalue weighted by atomic mass is 9.95. The molecule has 2 aromatic carbocycles. The Balaban J connectivity index is 1.27. The van der Waals surface area contributed by atoms with Crippen molar-refractivity contribution in [2.75, 3.05) is 18.4 Å². The molecular weight excluding hydrogens is 390 g/mol. The zero-order valence-electron chi connectivity index (χ0n) is 17.5. The van der Waals surface area contributed by atoms with Crippen LogP contribution in [0.4, 0.5) is 5.69 Å². The summed E-state index contributed by atoms with van der Waals surface area (Å²) in [5.74, 6) is 1.23. The number of hydrogen-bond donors (Lipinski definition) is 1. The number of rotatable bonds is 6. The number of carbonyl (C=O) groups excluding carboxylic acids is 1. The molecule has 0 saturated carbocycles. The molecule has 4 rings (SSSR count). The molecule has 1 aliphatic heterocycles. The van der Waals surface area contributed by atoms with Crippen molar-refractivity contribution in [2.45, 2.75) is 32.7 Å². The Hall–Kier alpha value is -3.50. The van der Waals surface area contributed by atoms with Crippen LogP contribution in [-0.2, 0) is 17.8 Å². The summed E-state index contributed by atoms with van der Waals surface area (Å²) in [6.07, 6.45) is 1.95. The van der Waals surface area contributed by atoms with Crippen molar-refractivity contribution in [2.24, 2.45) is 5.92 Å². The molecule has 31 heavy (non-hydrogen) atoms. The smallest absolute Gasteiger partial charge is 0.241 e. The maximum absolute atomic E-state index is 12.6. The zero-order chi connectivity index (χ0) is 21.6. The minimum Gasteiger partial charge on any atom is -0.338 e. The Labute approximate surface area is 181 Å². The van der Waals surface area contributed by atoms with Crippen LogP contribution in [0.5, 0.6) is 0 Å². The lowest BCUT2D eigenvalue weighted by Crippen LogP contribution is -2.37. The molecule has 0 aliphatic carbocycles. The zero-order valence-corrected chi connectivity index (χ0v) is 17.5. The average Bonchev–Trinajstić information content (AvgIpc) is 3.24. The van der Waals surface area contributed by atoms with Crippen LogP contribution in [-0.4, -0.2) is 34.0 Å². The highest BCUT2D eigenvalue weighted by Crippen LogP contribution is 2.22. The summed E-state index contributed by atoms with van der Waals surface area (Å²) in [5, 5.41) is 15.8. The Morgan fingerprint density at radius 1 is 1.23 bits per heavy atom. The van der Waals surface area contributed by atoms with Crippen molar-refractivity contribution >= 4 is 11.6 Å². The highest BCUT2D eigenvalue weighted by Gasteiger charge is 2.26. The summed E-state index contributed by atoms with van der Waals surface area (Å²) < 4.78 is 5.44. The number of aryl methyl sites for hydroxylation is 1. The first-order valence-corrected chi connectivity index (χ1v) is 10.5. The number of amides is 1. The molecule has 1 N–H and O–H groups in total. The van der Waals surface area contributed by atoms with Crippen LogP contribution in [0.15, 0.2) is 53.1 Å². The highest BCUT2D eigenvalue weighted by atomic mass is 16.5. The average molecular weight is 415 g/mol. The van der Waals surface area contributed by atoms with Gasteiger partial charge >= 0.3 is 0 Å². The Morgan fingerprint density at radius 3 is 2.71 bits per heavy atom. The lowest BCUT2D eigenvalue weighted by molar-refractivity contribution is -0.121. The molecular formula is C24H25N5O2. The Kier molecular flexibility index (Phi) is 6.39. The summed E-state index contributed by atoms with van der Waals surface area (Å²) in [4.78, 5) is 19.4. The maximum atomic E-state index is 12.6. The van der Waals surface area contributed by atoms with E-state index in [1.807, 2.05) is 55.5 Å².